The fraction of sp³-hybridized carbons (Fsp3) is 0.846. The predicted molar refractivity (Wildman–Crippen MR) is 63.6 cm³/mol. The first-order chi connectivity index (χ1) is 8.03. The van der Waals surface area contributed by atoms with Crippen LogP contribution >= 0.6 is 0 Å². The van der Waals surface area contributed by atoms with E-state index >= 15 is 0 Å². The standard InChI is InChI=1S/C13H21NO3/c1-13(6-4-2-3-5-7-13)14-9-10(12(16)17)8-11(14)15/h10H,2-9H2,1H3,(H,16,17). The zero-order valence-corrected chi connectivity index (χ0v) is 10.4. The van der Waals surface area contributed by atoms with E-state index in [9.17, 15) is 9.59 Å². The van der Waals surface area contributed by atoms with Crippen molar-refractivity contribution in [2.45, 2.75) is 57.4 Å². The number of amides is 1. The van der Waals surface area contributed by atoms with E-state index in [0.717, 1.165) is 25.7 Å². The molecule has 4 heteroatoms. The fourth-order valence-electron chi connectivity index (χ4n) is 3.15. The van der Waals surface area contributed by atoms with E-state index in [-0.39, 0.29) is 17.9 Å². The van der Waals surface area contributed by atoms with Gasteiger partial charge in [0.25, 0.3) is 0 Å². The van der Waals surface area contributed by atoms with Gasteiger partial charge in [-0.05, 0) is 19.8 Å². The van der Waals surface area contributed by atoms with E-state index in [1.54, 1.807) is 0 Å². The summed E-state index contributed by atoms with van der Waals surface area (Å²) >= 11 is 0. The fourth-order valence-corrected chi connectivity index (χ4v) is 3.15. The third-order valence-corrected chi connectivity index (χ3v) is 4.31. The molecule has 1 aliphatic carbocycles. The van der Waals surface area contributed by atoms with Crippen LogP contribution in [0.15, 0.2) is 0 Å². The number of carboxylic acid groups (broad SMARTS) is 1. The van der Waals surface area contributed by atoms with Gasteiger partial charge in [-0.25, -0.2) is 0 Å². The van der Waals surface area contributed by atoms with Crippen LogP contribution in [0.5, 0.6) is 0 Å². The summed E-state index contributed by atoms with van der Waals surface area (Å²) in [4.78, 5) is 24.8. The smallest absolute Gasteiger partial charge is 0.308 e. The van der Waals surface area contributed by atoms with Crippen molar-refractivity contribution in [1.29, 1.82) is 0 Å². The molecule has 0 aromatic heterocycles. The second-order valence-corrected chi connectivity index (χ2v) is 5.65. The molecule has 0 aromatic rings. The minimum absolute atomic E-state index is 0.0294. The van der Waals surface area contributed by atoms with Gasteiger partial charge in [0.1, 0.15) is 0 Å². The molecule has 0 spiro atoms. The van der Waals surface area contributed by atoms with Crippen LogP contribution in [0.3, 0.4) is 0 Å². The van der Waals surface area contributed by atoms with Gasteiger partial charge in [0, 0.05) is 18.5 Å². The van der Waals surface area contributed by atoms with Crippen LogP contribution in [0, 0.1) is 5.92 Å². The molecular weight excluding hydrogens is 218 g/mol. The molecule has 2 fully saturated rings. The molecule has 96 valence electrons. The lowest BCUT2D eigenvalue weighted by molar-refractivity contribution is -0.141. The third kappa shape index (κ3) is 2.45. The lowest BCUT2D eigenvalue weighted by atomic mass is 9.90. The van der Waals surface area contributed by atoms with Crippen LogP contribution in [0.1, 0.15) is 51.9 Å². The highest BCUT2D eigenvalue weighted by Gasteiger charge is 2.43. The topological polar surface area (TPSA) is 57.6 Å². The number of hydrogen-bond donors (Lipinski definition) is 1. The Bertz CT molecular complexity index is 319. The van der Waals surface area contributed by atoms with Crippen molar-refractivity contribution in [3.8, 4) is 0 Å². The molecule has 1 saturated carbocycles. The second kappa shape index (κ2) is 4.67. The average molecular weight is 239 g/mol. The number of aliphatic carboxylic acids is 1. The summed E-state index contributed by atoms with van der Waals surface area (Å²) < 4.78 is 0. The molecule has 1 unspecified atom stereocenters. The predicted octanol–water partition coefficient (Wildman–Crippen LogP) is 2.03. The lowest BCUT2D eigenvalue weighted by Crippen LogP contribution is -2.47. The summed E-state index contributed by atoms with van der Waals surface area (Å²) in [5.41, 5.74) is -0.0994. The van der Waals surface area contributed by atoms with Gasteiger partial charge >= 0.3 is 5.97 Å². The number of carbonyl (C=O) groups is 2. The van der Waals surface area contributed by atoms with Gasteiger partial charge in [-0.3, -0.25) is 9.59 Å². The molecule has 0 aromatic carbocycles. The van der Waals surface area contributed by atoms with Crippen LogP contribution in [0.4, 0.5) is 0 Å². The van der Waals surface area contributed by atoms with Crippen LogP contribution in [-0.4, -0.2) is 34.0 Å². The summed E-state index contributed by atoms with van der Waals surface area (Å²) in [6.45, 7) is 2.53. The Morgan fingerprint density at radius 3 is 2.35 bits per heavy atom. The van der Waals surface area contributed by atoms with Crippen LogP contribution < -0.4 is 0 Å². The van der Waals surface area contributed by atoms with Crippen molar-refractivity contribution in [3.63, 3.8) is 0 Å². The normalized spacial score (nSPS) is 29.1. The molecule has 1 N–H and O–H groups in total. The van der Waals surface area contributed by atoms with Gasteiger partial charge in [0.15, 0.2) is 0 Å². The Hall–Kier alpha value is -1.06. The van der Waals surface area contributed by atoms with E-state index < -0.39 is 11.9 Å². The highest BCUT2D eigenvalue weighted by atomic mass is 16.4. The van der Waals surface area contributed by atoms with Crippen molar-refractivity contribution in [3.05, 3.63) is 0 Å². The van der Waals surface area contributed by atoms with Gasteiger partial charge in [0.2, 0.25) is 5.91 Å². The molecule has 2 rings (SSSR count). The quantitative estimate of drug-likeness (QED) is 0.750. The SMILES string of the molecule is CC1(N2CC(C(=O)O)CC2=O)CCCCCC1. The molecule has 1 amide bonds. The molecule has 1 atom stereocenters. The summed E-state index contributed by atoms with van der Waals surface area (Å²) in [6.07, 6.45) is 7.00. The first-order valence-electron chi connectivity index (χ1n) is 6.56. The minimum Gasteiger partial charge on any atom is -0.481 e. The molecule has 2 aliphatic rings. The maximum atomic E-state index is 12.0. The molecule has 0 bridgehead atoms. The summed E-state index contributed by atoms with van der Waals surface area (Å²) in [7, 11) is 0. The third-order valence-electron chi connectivity index (χ3n) is 4.31. The highest BCUT2D eigenvalue weighted by Crippen LogP contribution is 2.36. The number of hydrogen-bond acceptors (Lipinski definition) is 2. The molecule has 1 saturated heterocycles. The molecule has 17 heavy (non-hydrogen) atoms. The van der Waals surface area contributed by atoms with E-state index in [2.05, 4.69) is 6.92 Å². The Morgan fingerprint density at radius 1 is 1.29 bits per heavy atom. The van der Waals surface area contributed by atoms with Gasteiger partial charge in [-0.2, -0.15) is 0 Å². The van der Waals surface area contributed by atoms with Crippen LogP contribution in [0.2, 0.25) is 0 Å². The van der Waals surface area contributed by atoms with Crippen molar-refractivity contribution in [2.75, 3.05) is 6.54 Å². The van der Waals surface area contributed by atoms with Gasteiger partial charge in [0.05, 0.1) is 5.92 Å². The first kappa shape index (κ1) is 12.4. The van der Waals surface area contributed by atoms with Crippen molar-refractivity contribution < 1.29 is 14.7 Å². The molecule has 0 radical (unpaired) electrons. The summed E-state index contributed by atoms with van der Waals surface area (Å²) in [5, 5.41) is 9.01. The molecule has 4 nitrogen and oxygen atoms in total. The molecule has 1 heterocycles. The second-order valence-electron chi connectivity index (χ2n) is 5.65. The number of carbonyl (C=O) groups excluding carboxylic acids is 1. The summed E-state index contributed by atoms with van der Waals surface area (Å²) in [5.74, 6) is -1.30. The van der Waals surface area contributed by atoms with E-state index in [0.29, 0.717) is 6.54 Å². The number of rotatable bonds is 2. The van der Waals surface area contributed by atoms with Crippen LogP contribution in [-0.2, 0) is 9.59 Å². The Labute approximate surface area is 102 Å². The zero-order valence-electron chi connectivity index (χ0n) is 10.4. The minimum atomic E-state index is -0.835. The van der Waals surface area contributed by atoms with Gasteiger partial charge in [-0.1, -0.05) is 25.7 Å². The highest BCUT2D eigenvalue weighted by molar-refractivity contribution is 5.86. The lowest BCUT2D eigenvalue weighted by Gasteiger charge is -2.38. The van der Waals surface area contributed by atoms with E-state index in [4.69, 9.17) is 5.11 Å². The zero-order chi connectivity index (χ0) is 12.5. The monoisotopic (exact) mass is 239 g/mol. The maximum absolute atomic E-state index is 12.0. The Balaban J connectivity index is 2.10. The maximum Gasteiger partial charge on any atom is 0.308 e. The first-order valence-corrected chi connectivity index (χ1v) is 6.56. The largest absolute Gasteiger partial charge is 0.481 e. The van der Waals surface area contributed by atoms with Gasteiger partial charge in [-0.15, -0.1) is 0 Å². The Morgan fingerprint density at radius 2 is 1.88 bits per heavy atom. The van der Waals surface area contributed by atoms with Crippen molar-refractivity contribution in [2.24, 2.45) is 5.92 Å². The van der Waals surface area contributed by atoms with E-state index in [1.807, 2.05) is 4.90 Å². The number of nitrogens with zero attached hydrogens (tertiary/aromatic N) is 1. The van der Waals surface area contributed by atoms with E-state index in [1.165, 1.54) is 12.8 Å². The summed E-state index contributed by atoms with van der Waals surface area (Å²) in [6, 6.07) is 0. The molecular formula is C13H21NO3. The van der Waals surface area contributed by atoms with Gasteiger partial charge < -0.3 is 10.0 Å². The average Bonchev–Trinajstić information content (AvgIpc) is 2.53. The van der Waals surface area contributed by atoms with Crippen molar-refractivity contribution in [1.82, 2.24) is 4.90 Å². The number of likely N-dealkylation sites (tertiary alicyclic amines) is 1. The van der Waals surface area contributed by atoms with Crippen molar-refractivity contribution >= 4 is 11.9 Å². The molecule has 1 aliphatic heterocycles. The van der Waals surface area contributed by atoms with Crippen LogP contribution in [0.25, 0.3) is 0 Å². The number of carboxylic acids is 1. The Kier molecular flexibility index (Phi) is 3.40.